The third kappa shape index (κ3) is 2.70. The molecule has 3 nitrogen and oxygen atoms in total. The van der Waals surface area contributed by atoms with Gasteiger partial charge in [-0.1, -0.05) is 48.5 Å². The number of nitrogens with zero attached hydrogens (tertiary/aromatic N) is 2. The number of aromatic nitrogens is 2. The molecule has 118 valence electrons. The summed E-state index contributed by atoms with van der Waals surface area (Å²) in [6.45, 7) is 0.603. The van der Waals surface area contributed by atoms with Crippen LogP contribution in [0.4, 0.5) is 0 Å². The fraction of sp³-hybridized carbons (Fsp3) is 0.0952. The molecule has 24 heavy (non-hydrogen) atoms. The van der Waals surface area contributed by atoms with Crippen LogP contribution in [0.15, 0.2) is 79.1 Å². The average Bonchev–Trinajstić information content (AvgIpc) is 3.06. The second kappa shape index (κ2) is 6.30. The Labute approximate surface area is 141 Å². The molecule has 0 radical (unpaired) electrons. The standard InChI is InChI=1S/C21H18N2O/c1-24-14-16-10-11-21-20(12-16)22-15-23(21)19-9-5-8-18(13-19)17-6-3-2-4-7-17/h2-13,15H,14H2,1H3. The van der Waals surface area contributed by atoms with E-state index in [1.807, 2.05) is 12.4 Å². The molecule has 0 fully saturated rings. The summed E-state index contributed by atoms with van der Waals surface area (Å²) in [7, 11) is 1.71. The van der Waals surface area contributed by atoms with Crippen LogP contribution >= 0.6 is 0 Å². The van der Waals surface area contributed by atoms with Crippen molar-refractivity contribution in [2.24, 2.45) is 0 Å². The second-order valence-corrected chi connectivity index (χ2v) is 5.79. The summed E-state index contributed by atoms with van der Waals surface area (Å²) in [6, 6.07) is 25.2. The number of fused-ring (bicyclic) bond motifs is 1. The Morgan fingerprint density at radius 1 is 0.875 bits per heavy atom. The summed E-state index contributed by atoms with van der Waals surface area (Å²) in [5, 5.41) is 0. The van der Waals surface area contributed by atoms with E-state index in [0.717, 1.165) is 22.3 Å². The van der Waals surface area contributed by atoms with E-state index in [1.54, 1.807) is 7.11 Å². The lowest BCUT2D eigenvalue weighted by Crippen LogP contribution is -1.93. The van der Waals surface area contributed by atoms with Crippen molar-refractivity contribution in [2.75, 3.05) is 7.11 Å². The van der Waals surface area contributed by atoms with Gasteiger partial charge < -0.3 is 4.74 Å². The summed E-state index contributed by atoms with van der Waals surface area (Å²) >= 11 is 0. The number of methoxy groups -OCH3 is 1. The third-order valence-electron chi connectivity index (χ3n) is 4.15. The molecule has 0 aliphatic rings. The molecule has 0 saturated carbocycles. The highest BCUT2D eigenvalue weighted by Crippen LogP contribution is 2.24. The van der Waals surface area contributed by atoms with E-state index in [4.69, 9.17) is 4.74 Å². The van der Waals surface area contributed by atoms with Crippen molar-refractivity contribution in [2.45, 2.75) is 6.61 Å². The molecule has 0 aliphatic carbocycles. The number of hydrogen-bond acceptors (Lipinski definition) is 2. The maximum atomic E-state index is 5.20. The minimum Gasteiger partial charge on any atom is -0.380 e. The van der Waals surface area contributed by atoms with Crippen LogP contribution in [0.1, 0.15) is 5.56 Å². The van der Waals surface area contributed by atoms with Crippen molar-refractivity contribution in [3.8, 4) is 16.8 Å². The number of ether oxygens (including phenoxy) is 1. The van der Waals surface area contributed by atoms with Crippen LogP contribution in [0.2, 0.25) is 0 Å². The molecule has 3 aromatic carbocycles. The van der Waals surface area contributed by atoms with E-state index >= 15 is 0 Å². The predicted octanol–water partition coefficient (Wildman–Crippen LogP) is 4.84. The normalized spacial score (nSPS) is 11.0. The van der Waals surface area contributed by atoms with Gasteiger partial charge in [-0.15, -0.1) is 0 Å². The van der Waals surface area contributed by atoms with E-state index in [1.165, 1.54) is 11.1 Å². The molecule has 0 amide bonds. The van der Waals surface area contributed by atoms with Crippen LogP contribution in [0.5, 0.6) is 0 Å². The summed E-state index contributed by atoms with van der Waals surface area (Å²) in [4.78, 5) is 4.55. The molecule has 0 saturated heterocycles. The highest BCUT2D eigenvalue weighted by Gasteiger charge is 2.07. The molecule has 0 unspecified atom stereocenters. The van der Waals surface area contributed by atoms with Crippen LogP contribution in [-0.2, 0) is 11.3 Å². The lowest BCUT2D eigenvalue weighted by Gasteiger charge is -2.08. The van der Waals surface area contributed by atoms with Crippen molar-refractivity contribution in [1.82, 2.24) is 9.55 Å². The monoisotopic (exact) mass is 314 g/mol. The lowest BCUT2D eigenvalue weighted by atomic mass is 10.1. The summed E-state index contributed by atoms with van der Waals surface area (Å²) in [5.74, 6) is 0. The summed E-state index contributed by atoms with van der Waals surface area (Å²) < 4.78 is 7.32. The zero-order valence-corrected chi connectivity index (χ0v) is 13.5. The Morgan fingerprint density at radius 3 is 2.54 bits per heavy atom. The maximum absolute atomic E-state index is 5.20. The van der Waals surface area contributed by atoms with Gasteiger partial charge in [0, 0.05) is 12.8 Å². The van der Waals surface area contributed by atoms with Crippen molar-refractivity contribution in [3.05, 3.63) is 84.7 Å². The fourth-order valence-corrected chi connectivity index (χ4v) is 2.99. The quantitative estimate of drug-likeness (QED) is 0.539. The largest absolute Gasteiger partial charge is 0.380 e. The maximum Gasteiger partial charge on any atom is 0.100 e. The molecule has 0 atom stereocenters. The zero-order valence-electron chi connectivity index (χ0n) is 13.5. The van der Waals surface area contributed by atoms with Crippen molar-refractivity contribution >= 4 is 11.0 Å². The topological polar surface area (TPSA) is 27.1 Å². The van der Waals surface area contributed by atoms with E-state index in [2.05, 4.69) is 76.3 Å². The molecule has 1 heterocycles. The minimum atomic E-state index is 0.603. The van der Waals surface area contributed by atoms with Gasteiger partial charge in [-0.05, 0) is 41.0 Å². The highest BCUT2D eigenvalue weighted by molar-refractivity contribution is 5.79. The van der Waals surface area contributed by atoms with Gasteiger partial charge in [-0.25, -0.2) is 4.98 Å². The molecule has 0 N–H and O–H groups in total. The molecule has 3 heteroatoms. The molecule has 4 rings (SSSR count). The van der Waals surface area contributed by atoms with Crippen LogP contribution in [0.25, 0.3) is 27.8 Å². The van der Waals surface area contributed by atoms with E-state index in [-0.39, 0.29) is 0 Å². The smallest absolute Gasteiger partial charge is 0.100 e. The number of rotatable bonds is 4. The van der Waals surface area contributed by atoms with E-state index in [0.29, 0.717) is 6.61 Å². The Hall–Kier alpha value is -2.91. The Balaban J connectivity index is 1.78. The van der Waals surface area contributed by atoms with Gasteiger partial charge in [0.05, 0.1) is 17.6 Å². The van der Waals surface area contributed by atoms with Gasteiger partial charge in [-0.2, -0.15) is 0 Å². The van der Waals surface area contributed by atoms with Crippen LogP contribution in [0, 0.1) is 0 Å². The first-order valence-electron chi connectivity index (χ1n) is 7.96. The first-order chi connectivity index (χ1) is 11.8. The second-order valence-electron chi connectivity index (χ2n) is 5.79. The number of imidazole rings is 1. The molecule has 0 aliphatic heterocycles. The zero-order chi connectivity index (χ0) is 16.4. The fourth-order valence-electron chi connectivity index (χ4n) is 2.99. The van der Waals surface area contributed by atoms with Gasteiger partial charge in [-0.3, -0.25) is 4.57 Å². The van der Waals surface area contributed by atoms with Crippen molar-refractivity contribution in [3.63, 3.8) is 0 Å². The molecule has 4 aromatic rings. The van der Waals surface area contributed by atoms with Crippen LogP contribution in [-0.4, -0.2) is 16.7 Å². The highest BCUT2D eigenvalue weighted by atomic mass is 16.5. The van der Waals surface area contributed by atoms with Gasteiger partial charge in [0.25, 0.3) is 0 Å². The molecule has 0 bridgehead atoms. The third-order valence-corrected chi connectivity index (χ3v) is 4.15. The SMILES string of the molecule is COCc1ccc2c(c1)ncn2-c1cccc(-c2ccccc2)c1. The minimum absolute atomic E-state index is 0.603. The average molecular weight is 314 g/mol. The van der Waals surface area contributed by atoms with Crippen LogP contribution < -0.4 is 0 Å². The van der Waals surface area contributed by atoms with Gasteiger partial charge in [0.1, 0.15) is 6.33 Å². The first kappa shape index (κ1) is 14.7. The Morgan fingerprint density at radius 2 is 1.71 bits per heavy atom. The Bertz CT molecular complexity index is 973. The van der Waals surface area contributed by atoms with Gasteiger partial charge in [0.15, 0.2) is 0 Å². The van der Waals surface area contributed by atoms with E-state index < -0.39 is 0 Å². The predicted molar refractivity (Wildman–Crippen MR) is 97.2 cm³/mol. The molecular formula is C21H18N2O. The number of benzene rings is 3. The molecular weight excluding hydrogens is 296 g/mol. The lowest BCUT2D eigenvalue weighted by molar-refractivity contribution is 0.185. The number of hydrogen-bond donors (Lipinski definition) is 0. The summed E-state index contributed by atoms with van der Waals surface area (Å²) in [5.41, 5.74) is 6.73. The molecule has 0 spiro atoms. The molecule has 1 aromatic heterocycles. The van der Waals surface area contributed by atoms with Gasteiger partial charge >= 0.3 is 0 Å². The van der Waals surface area contributed by atoms with Gasteiger partial charge in [0.2, 0.25) is 0 Å². The first-order valence-corrected chi connectivity index (χ1v) is 7.96. The Kier molecular flexibility index (Phi) is 3.85. The van der Waals surface area contributed by atoms with Crippen LogP contribution in [0.3, 0.4) is 0 Å². The van der Waals surface area contributed by atoms with E-state index in [9.17, 15) is 0 Å². The summed E-state index contributed by atoms with van der Waals surface area (Å²) in [6.07, 6.45) is 1.88. The van der Waals surface area contributed by atoms with Crippen molar-refractivity contribution < 1.29 is 4.74 Å². The van der Waals surface area contributed by atoms with Crippen molar-refractivity contribution in [1.29, 1.82) is 0 Å².